The van der Waals surface area contributed by atoms with Gasteiger partial charge < -0.3 is 14.8 Å². The monoisotopic (exact) mass is 483 g/mol. The number of methoxy groups -OCH3 is 1. The molecule has 1 aromatic heterocycles. The standard InChI is InChI=1S/C26H29NO4S2/c1-18-7-4-5-9-21(18)23-15-19(16-31-17-20-8-6-13-33-20)10-11-22(23)25(28)27-24(12-14-32-3)26(29)30-2/h4-11,13,15,24H,12,14,16-17H2,1-3H3,(H,27,28)/t24-/m0/s1. The molecule has 1 N–H and O–H groups in total. The number of ether oxygens (including phenoxy) is 2. The van der Waals surface area contributed by atoms with E-state index in [9.17, 15) is 9.59 Å². The Labute approximate surface area is 203 Å². The molecular weight excluding hydrogens is 454 g/mol. The number of thioether (sulfide) groups is 1. The summed E-state index contributed by atoms with van der Waals surface area (Å²) < 4.78 is 10.8. The van der Waals surface area contributed by atoms with Gasteiger partial charge in [0.25, 0.3) is 5.91 Å². The van der Waals surface area contributed by atoms with Crippen LogP contribution in [-0.4, -0.2) is 37.0 Å². The lowest BCUT2D eigenvalue weighted by molar-refractivity contribution is -0.142. The third-order valence-electron chi connectivity index (χ3n) is 5.26. The minimum atomic E-state index is -0.687. The number of hydrogen-bond donors (Lipinski definition) is 1. The molecule has 0 bridgehead atoms. The second-order valence-corrected chi connectivity index (χ2v) is 9.62. The number of carbonyl (C=O) groups is 2. The molecule has 2 aromatic carbocycles. The van der Waals surface area contributed by atoms with E-state index in [0.717, 1.165) is 28.0 Å². The van der Waals surface area contributed by atoms with Gasteiger partial charge in [0.15, 0.2) is 0 Å². The molecule has 7 heteroatoms. The first-order valence-corrected chi connectivity index (χ1v) is 13.0. The molecule has 174 valence electrons. The van der Waals surface area contributed by atoms with Gasteiger partial charge in [0.2, 0.25) is 0 Å². The van der Waals surface area contributed by atoms with Crippen LogP contribution in [0.5, 0.6) is 0 Å². The van der Waals surface area contributed by atoms with E-state index in [0.29, 0.717) is 25.2 Å². The lowest BCUT2D eigenvalue weighted by Gasteiger charge is -2.19. The molecule has 0 saturated carbocycles. The van der Waals surface area contributed by atoms with Gasteiger partial charge in [-0.2, -0.15) is 11.8 Å². The number of hydrogen-bond acceptors (Lipinski definition) is 6. The molecule has 0 aliphatic carbocycles. The number of carbonyl (C=O) groups excluding carboxylic acids is 2. The number of rotatable bonds is 11. The SMILES string of the molecule is COC(=O)[C@H](CCSC)NC(=O)c1ccc(COCc2cccs2)cc1-c1ccccc1C. The van der Waals surface area contributed by atoms with E-state index in [-0.39, 0.29) is 5.91 Å². The third-order valence-corrected chi connectivity index (χ3v) is 6.75. The summed E-state index contributed by atoms with van der Waals surface area (Å²) in [5, 5.41) is 4.90. The molecule has 0 fully saturated rings. The summed E-state index contributed by atoms with van der Waals surface area (Å²) in [4.78, 5) is 26.6. The van der Waals surface area contributed by atoms with Crippen LogP contribution in [0.15, 0.2) is 60.0 Å². The van der Waals surface area contributed by atoms with E-state index in [1.165, 1.54) is 12.0 Å². The van der Waals surface area contributed by atoms with Gasteiger partial charge in [-0.25, -0.2) is 4.79 Å². The summed E-state index contributed by atoms with van der Waals surface area (Å²) in [5.41, 5.74) is 4.35. The molecule has 0 radical (unpaired) electrons. The van der Waals surface area contributed by atoms with Crippen molar-refractivity contribution >= 4 is 35.0 Å². The second-order valence-electron chi connectivity index (χ2n) is 7.60. The van der Waals surface area contributed by atoms with Crippen molar-refractivity contribution in [3.63, 3.8) is 0 Å². The summed E-state index contributed by atoms with van der Waals surface area (Å²) in [6.07, 6.45) is 2.47. The van der Waals surface area contributed by atoms with Crippen LogP contribution in [-0.2, 0) is 27.5 Å². The first kappa shape index (κ1) is 25.0. The molecule has 5 nitrogen and oxygen atoms in total. The van der Waals surface area contributed by atoms with E-state index in [2.05, 4.69) is 5.32 Å². The van der Waals surface area contributed by atoms with Crippen LogP contribution in [0.25, 0.3) is 11.1 Å². The van der Waals surface area contributed by atoms with Crippen molar-refractivity contribution in [3.8, 4) is 11.1 Å². The molecule has 3 aromatic rings. The molecular formula is C26H29NO4S2. The lowest BCUT2D eigenvalue weighted by atomic mass is 9.93. The Morgan fingerprint density at radius 2 is 1.88 bits per heavy atom. The average Bonchev–Trinajstić information content (AvgIpc) is 3.35. The molecule has 0 unspecified atom stereocenters. The summed E-state index contributed by atoms with van der Waals surface area (Å²) >= 11 is 3.28. The maximum absolute atomic E-state index is 13.3. The topological polar surface area (TPSA) is 64.6 Å². The van der Waals surface area contributed by atoms with Crippen molar-refractivity contribution in [1.29, 1.82) is 0 Å². The zero-order valence-electron chi connectivity index (χ0n) is 19.1. The Kier molecular flexibility index (Phi) is 9.54. The van der Waals surface area contributed by atoms with Crippen molar-refractivity contribution in [1.82, 2.24) is 5.32 Å². The quantitative estimate of drug-likeness (QED) is 0.367. The van der Waals surface area contributed by atoms with Gasteiger partial charge >= 0.3 is 5.97 Å². The highest BCUT2D eigenvalue weighted by Crippen LogP contribution is 2.29. The maximum Gasteiger partial charge on any atom is 0.328 e. The van der Waals surface area contributed by atoms with Gasteiger partial charge in [-0.1, -0.05) is 36.4 Å². The number of thiophene rings is 1. The third kappa shape index (κ3) is 6.93. The van der Waals surface area contributed by atoms with Crippen LogP contribution in [0, 0.1) is 6.92 Å². The molecule has 0 aliphatic heterocycles. The van der Waals surface area contributed by atoms with Crippen LogP contribution >= 0.6 is 23.1 Å². The van der Waals surface area contributed by atoms with Crippen molar-refractivity contribution in [2.75, 3.05) is 19.1 Å². The van der Waals surface area contributed by atoms with E-state index >= 15 is 0 Å². The number of nitrogens with one attached hydrogen (secondary N) is 1. The van der Waals surface area contributed by atoms with Gasteiger partial charge in [0.1, 0.15) is 6.04 Å². The Bertz CT molecular complexity index is 1070. The summed E-state index contributed by atoms with van der Waals surface area (Å²) in [6.45, 7) is 3.01. The highest BCUT2D eigenvalue weighted by molar-refractivity contribution is 7.98. The highest BCUT2D eigenvalue weighted by atomic mass is 32.2. The maximum atomic E-state index is 13.3. The molecule has 1 heterocycles. The Balaban J connectivity index is 1.86. The Hall–Kier alpha value is -2.61. The molecule has 1 atom stereocenters. The molecule has 33 heavy (non-hydrogen) atoms. The first-order chi connectivity index (χ1) is 16.0. The van der Waals surface area contributed by atoms with Crippen LogP contribution in [0.1, 0.15) is 32.8 Å². The normalized spacial score (nSPS) is 11.7. The number of aryl methyl sites for hydroxylation is 1. The average molecular weight is 484 g/mol. The largest absolute Gasteiger partial charge is 0.467 e. The fourth-order valence-corrected chi connectivity index (χ4v) is 4.62. The molecule has 3 rings (SSSR count). The Morgan fingerprint density at radius 1 is 1.06 bits per heavy atom. The van der Waals surface area contributed by atoms with Gasteiger partial charge in [-0.15, -0.1) is 11.3 Å². The number of esters is 1. The summed E-state index contributed by atoms with van der Waals surface area (Å²) in [5.74, 6) is 0.00911. The minimum absolute atomic E-state index is 0.296. The number of benzene rings is 2. The van der Waals surface area contributed by atoms with Crippen LogP contribution in [0.2, 0.25) is 0 Å². The van der Waals surface area contributed by atoms with Crippen LogP contribution < -0.4 is 5.32 Å². The van der Waals surface area contributed by atoms with Crippen molar-refractivity contribution in [2.24, 2.45) is 0 Å². The zero-order valence-corrected chi connectivity index (χ0v) is 20.8. The Morgan fingerprint density at radius 3 is 2.58 bits per heavy atom. The van der Waals surface area contributed by atoms with Crippen LogP contribution in [0.4, 0.5) is 0 Å². The van der Waals surface area contributed by atoms with Crippen molar-refractivity contribution in [3.05, 3.63) is 81.5 Å². The summed E-state index contributed by atoms with van der Waals surface area (Å²) in [6, 6.07) is 17.0. The van der Waals surface area contributed by atoms with Gasteiger partial charge in [0.05, 0.1) is 20.3 Å². The predicted molar refractivity (Wildman–Crippen MR) is 136 cm³/mol. The molecule has 0 aliphatic rings. The van der Waals surface area contributed by atoms with E-state index in [4.69, 9.17) is 9.47 Å². The highest BCUT2D eigenvalue weighted by Gasteiger charge is 2.23. The second kappa shape index (κ2) is 12.6. The fraction of sp³-hybridized carbons (Fsp3) is 0.308. The van der Waals surface area contributed by atoms with E-state index in [1.54, 1.807) is 23.1 Å². The fourth-order valence-electron chi connectivity index (χ4n) is 3.50. The molecule has 0 saturated heterocycles. The number of amides is 1. The van der Waals surface area contributed by atoms with Crippen molar-refractivity contribution < 1.29 is 19.1 Å². The van der Waals surface area contributed by atoms with Gasteiger partial charge in [-0.3, -0.25) is 4.79 Å². The van der Waals surface area contributed by atoms with Gasteiger partial charge in [-0.05, 0) is 71.2 Å². The van der Waals surface area contributed by atoms with E-state index < -0.39 is 12.0 Å². The first-order valence-electron chi connectivity index (χ1n) is 10.7. The lowest BCUT2D eigenvalue weighted by Crippen LogP contribution is -2.42. The molecule has 1 amide bonds. The molecule has 0 spiro atoms. The van der Waals surface area contributed by atoms with Crippen molar-refractivity contribution in [2.45, 2.75) is 32.6 Å². The van der Waals surface area contributed by atoms with E-state index in [1.807, 2.05) is 73.2 Å². The zero-order chi connectivity index (χ0) is 23.6. The minimum Gasteiger partial charge on any atom is -0.467 e. The predicted octanol–water partition coefficient (Wildman–Crippen LogP) is 5.46. The van der Waals surface area contributed by atoms with Crippen LogP contribution in [0.3, 0.4) is 0 Å². The summed E-state index contributed by atoms with van der Waals surface area (Å²) in [7, 11) is 1.34. The smallest absolute Gasteiger partial charge is 0.328 e. The van der Waals surface area contributed by atoms with Gasteiger partial charge in [0, 0.05) is 10.4 Å².